The highest BCUT2D eigenvalue weighted by Crippen LogP contribution is 2.24. The number of hydrogen-bond donors (Lipinski definition) is 1. The monoisotopic (exact) mass is 403 g/mol. The van der Waals surface area contributed by atoms with Crippen LogP contribution in [0.2, 0.25) is 0 Å². The van der Waals surface area contributed by atoms with Crippen molar-refractivity contribution in [3.63, 3.8) is 0 Å². The molecule has 2 aromatic carbocycles. The summed E-state index contributed by atoms with van der Waals surface area (Å²) in [6.07, 6.45) is 4.84. The average Bonchev–Trinajstić information content (AvgIpc) is 3.28. The molecule has 0 saturated carbocycles. The predicted octanol–water partition coefficient (Wildman–Crippen LogP) is 3.81. The number of likely N-dealkylation sites (tertiary alicyclic amines) is 1. The van der Waals surface area contributed by atoms with Crippen molar-refractivity contribution in [2.24, 2.45) is 0 Å². The SMILES string of the molecule is O=C(NCc1cccc(F)c1)C1CCCN1C(=O)c1cccc(-c2cccnc2)c1. The number of nitrogens with zero attached hydrogens (tertiary/aromatic N) is 2. The van der Waals surface area contributed by atoms with E-state index in [2.05, 4.69) is 10.3 Å². The quantitative estimate of drug-likeness (QED) is 0.705. The molecular formula is C24H22FN3O2. The molecule has 6 heteroatoms. The molecule has 0 spiro atoms. The summed E-state index contributed by atoms with van der Waals surface area (Å²) >= 11 is 0. The van der Waals surface area contributed by atoms with Gasteiger partial charge in [-0.3, -0.25) is 14.6 Å². The highest BCUT2D eigenvalue weighted by molar-refractivity contribution is 5.98. The zero-order chi connectivity index (χ0) is 20.9. The average molecular weight is 403 g/mol. The van der Waals surface area contributed by atoms with E-state index in [1.807, 2.05) is 30.3 Å². The second kappa shape index (κ2) is 8.86. The van der Waals surface area contributed by atoms with Crippen LogP contribution in [0.3, 0.4) is 0 Å². The Morgan fingerprint density at radius 1 is 1.07 bits per heavy atom. The van der Waals surface area contributed by atoms with Crippen LogP contribution in [-0.4, -0.2) is 34.3 Å². The third-order valence-electron chi connectivity index (χ3n) is 5.28. The van der Waals surface area contributed by atoms with Crippen molar-refractivity contribution in [2.45, 2.75) is 25.4 Å². The third kappa shape index (κ3) is 4.38. The maximum Gasteiger partial charge on any atom is 0.254 e. The highest BCUT2D eigenvalue weighted by Gasteiger charge is 2.34. The molecular weight excluding hydrogens is 381 g/mol. The van der Waals surface area contributed by atoms with Gasteiger partial charge in [-0.2, -0.15) is 0 Å². The molecule has 1 aliphatic heterocycles. The number of benzene rings is 2. The Hall–Kier alpha value is -3.54. The molecule has 4 rings (SSSR count). The van der Waals surface area contributed by atoms with Gasteiger partial charge in [0.15, 0.2) is 0 Å². The topological polar surface area (TPSA) is 62.3 Å². The number of amides is 2. The molecule has 30 heavy (non-hydrogen) atoms. The van der Waals surface area contributed by atoms with E-state index in [1.165, 1.54) is 12.1 Å². The zero-order valence-corrected chi connectivity index (χ0v) is 16.4. The number of aromatic nitrogens is 1. The molecule has 0 aliphatic carbocycles. The lowest BCUT2D eigenvalue weighted by molar-refractivity contribution is -0.125. The molecule has 1 aromatic heterocycles. The Labute approximate surface area is 174 Å². The van der Waals surface area contributed by atoms with Gasteiger partial charge >= 0.3 is 0 Å². The fourth-order valence-electron chi connectivity index (χ4n) is 3.77. The van der Waals surface area contributed by atoms with Crippen molar-refractivity contribution in [2.75, 3.05) is 6.54 Å². The first-order valence-electron chi connectivity index (χ1n) is 9.95. The second-order valence-electron chi connectivity index (χ2n) is 7.33. The van der Waals surface area contributed by atoms with Crippen LogP contribution < -0.4 is 5.32 Å². The van der Waals surface area contributed by atoms with Gasteiger partial charge in [-0.1, -0.05) is 30.3 Å². The van der Waals surface area contributed by atoms with Crippen LogP contribution in [0, 0.1) is 5.82 Å². The molecule has 1 atom stereocenters. The summed E-state index contributed by atoms with van der Waals surface area (Å²) in [4.78, 5) is 31.6. The summed E-state index contributed by atoms with van der Waals surface area (Å²) in [6, 6.07) is 16.8. The maximum absolute atomic E-state index is 13.3. The Bertz CT molecular complexity index is 1060. The Balaban J connectivity index is 1.46. The van der Waals surface area contributed by atoms with Gasteiger partial charge in [0, 0.05) is 36.6 Å². The minimum Gasteiger partial charge on any atom is -0.350 e. The summed E-state index contributed by atoms with van der Waals surface area (Å²) in [6.45, 7) is 0.764. The standard InChI is InChI=1S/C24H22FN3O2/c25-21-9-1-5-17(13-21)15-27-23(29)22-10-4-12-28(22)24(30)19-7-2-6-18(14-19)20-8-3-11-26-16-20/h1-3,5-9,11,13-14,16,22H,4,10,12,15H2,(H,27,29). The normalized spacial score (nSPS) is 15.8. The maximum atomic E-state index is 13.3. The van der Waals surface area contributed by atoms with Gasteiger partial charge in [0.2, 0.25) is 5.91 Å². The van der Waals surface area contributed by atoms with E-state index in [4.69, 9.17) is 0 Å². The number of halogens is 1. The van der Waals surface area contributed by atoms with E-state index >= 15 is 0 Å². The van der Waals surface area contributed by atoms with Gasteiger partial charge in [0.25, 0.3) is 5.91 Å². The number of carbonyl (C=O) groups is 2. The fourth-order valence-corrected chi connectivity index (χ4v) is 3.77. The number of hydrogen-bond acceptors (Lipinski definition) is 3. The van der Waals surface area contributed by atoms with E-state index in [0.717, 1.165) is 17.5 Å². The fraction of sp³-hybridized carbons (Fsp3) is 0.208. The van der Waals surface area contributed by atoms with Crippen molar-refractivity contribution in [3.05, 3.63) is 90.0 Å². The lowest BCUT2D eigenvalue weighted by Gasteiger charge is -2.24. The highest BCUT2D eigenvalue weighted by atomic mass is 19.1. The van der Waals surface area contributed by atoms with Crippen LogP contribution in [0.4, 0.5) is 4.39 Å². The first-order valence-corrected chi connectivity index (χ1v) is 9.95. The number of nitrogens with one attached hydrogen (secondary N) is 1. The van der Waals surface area contributed by atoms with Gasteiger partial charge in [-0.25, -0.2) is 4.39 Å². The number of rotatable bonds is 5. The summed E-state index contributed by atoms with van der Waals surface area (Å²) in [5.74, 6) is -0.717. The zero-order valence-electron chi connectivity index (χ0n) is 16.4. The molecule has 1 N–H and O–H groups in total. The smallest absolute Gasteiger partial charge is 0.254 e. The van der Waals surface area contributed by atoms with Gasteiger partial charge < -0.3 is 10.2 Å². The van der Waals surface area contributed by atoms with E-state index < -0.39 is 6.04 Å². The minimum absolute atomic E-state index is 0.163. The van der Waals surface area contributed by atoms with Crippen LogP contribution in [0.5, 0.6) is 0 Å². The van der Waals surface area contributed by atoms with Crippen LogP contribution in [0.1, 0.15) is 28.8 Å². The van der Waals surface area contributed by atoms with Gasteiger partial charge in [0.1, 0.15) is 11.9 Å². The second-order valence-corrected chi connectivity index (χ2v) is 7.33. The van der Waals surface area contributed by atoms with E-state index in [0.29, 0.717) is 24.1 Å². The van der Waals surface area contributed by atoms with Gasteiger partial charge in [-0.15, -0.1) is 0 Å². The molecule has 1 aliphatic rings. The molecule has 152 valence electrons. The largest absolute Gasteiger partial charge is 0.350 e. The predicted molar refractivity (Wildman–Crippen MR) is 112 cm³/mol. The minimum atomic E-state index is -0.520. The first-order chi connectivity index (χ1) is 14.6. The number of carbonyl (C=O) groups excluding carboxylic acids is 2. The lowest BCUT2D eigenvalue weighted by Crippen LogP contribution is -2.45. The van der Waals surface area contributed by atoms with E-state index in [1.54, 1.807) is 35.5 Å². The molecule has 2 amide bonds. The Kier molecular flexibility index (Phi) is 5.84. The van der Waals surface area contributed by atoms with Gasteiger partial charge in [-0.05, 0) is 54.3 Å². The van der Waals surface area contributed by atoms with Gasteiger partial charge in [0.05, 0.1) is 0 Å². The van der Waals surface area contributed by atoms with Crippen molar-refractivity contribution in [3.8, 4) is 11.1 Å². The molecule has 5 nitrogen and oxygen atoms in total. The summed E-state index contributed by atoms with van der Waals surface area (Å²) < 4.78 is 13.3. The van der Waals surface area contributed by atoms with Crippen molar-refractivity contribution in [1.82, 2.24) is 15.2 Å². The van der Waals surface area contributed by atoms with Crippen LogP contribution in [0.25, 0.3) is 11.1 Å². The van der Waals surface area contributed by atoms with E-state index in [9.17, 15) is 14.0 Å². The molecule has 0 bridgehead atoms. The third-order valence-corrected chi connectivity index (χ3v) is 5.28. The molecule has 0 radical (unpaired) electrons. The Morgan fingerprint density at radius 3 is 2.70 bits per heavy atom. The summed E-state index contributed by atoms with van der Waals surface area (Å²) in [5, 5.41) is 2.83. The van der Waals surface area contributed by atoms with E-state index in [-0.39, 0.29) is 24.2 Å². The van der Waals surface area contributed by atoms with Crippen LogP contribution in [0.15, 0.2) is 73.1 Å². The number of pyridine rings is 1. The summed E-state index contributed by atoms with van der Waals surface area (Å²) in [5.41, 5.74) is 3.06. The molecule has 1 fully saturated rings. The molecule has 1 saturated heterocycles. The molecule has 3 aromatic rings. The van der Waals surface area contributed by atoms with Crippen molar-refractivity contribution >= 4 is 11.8 Å². The Morgan fingerprint density at radius 2 is 1.90 bits per heavy atom. The molecule has 1 unspecified atom stereocenters. The van der Waals surface area contributed by atoms with Crippen LogP contribution in [-0.2, 0) is 11.3 Å². The van der Waals surface area contributed by atoms with Crippen molar-refractivity contribution in [1.29, 1.82) is 0 Å². The molecule has 2 heterocycles. The van der Waals surface area contributed by atoms with Crippen molar-refractivity contribution < 1.29 is 14.0 Å². The lowest BCUT2D eigenvalue weighted by atomic mass is 10.0. The first kappa shape index (κ1) is 19.8. The summed E-state index contributed by atoms with van der Waals surface area (Å²) in [7, 11) is 0. The van der Waals surface area contributed by atoms with Crippen LogP contribution >= 0.6 is 0 Å².